The van der Waals surface area contributed by atoms with Gasteiger partial charge in [-0.1, -0.05) is 25.1 Å². The maximum absolute atomic E-state index is 11.3. The van der Waals surface area contributed by atoms with Gasteiger partial charge in [0.1, 0.15) is 0 Å². The Hall–Kier alpha value is -1.94. The molecule has 0 aliphatic carbocycles. The summed E-state index contributed by atoms with van der Waals surface area (Å²) in [5.41, 5.74) is 5.33. The molecule has 21 heavy (non-hydrogen) atoms. The quantitative estimate of drug-likeness (QED) is 0.940. The van der Waals surface area contributed by atoms with Gasteiger partial charge in [-0.2, -0.15) is 0 Å². The number of rotatable bonds is 3. The zero-order chi connectivity index (χ0) is 15.0. The molecule has 0 unspecified atom stereocenters. The predicted molar refractivity (Wildman–Crippen MR) is 82.5 cm³/mol. The van der Waals surface area contributed by atoms with Crippen molar-refractivity contribution in [2.75, 3.05) is 13.6 Å². The highest BCUT2D eigenvalue weighted by Crippen LogP contribution is 2.30. The van der Waals surface area contributed by atoms with E-state index < -0.39 is 5.97 Å². The summed E-state index contributed by atoms with van der Waals surface area (Å²) in [5.74, 6) is -0.778. The van der Waals surface area contributed by atoms with Gasteiger partial charge in [0.25, 0.3) is 0 Å². The molecule has 0 atom stereocenters. The van der Waals surface area contributed by atoms with E-state index in [-0.39, 0.29) is 6.42 Å². The Morgan fingerprint density at radius 3 is 2.95 bits per heavy atom. The number of nitrogens with zero attached hydrogens (tertiary/aromatic N) is 2. The molecule has 1 aliphatic heterocycles. The Morgan fingerprint density at radius 1 is 1.43 bits per heavy atom. The largest absolute Gasteiger partial charge is 0.481 e. The van der Waals surface area contributed by atoms with Gasteiger partial charge >= 0.3 is 5.97 Å². The first kappa shape index (κ1) is 14.0. The molecule has 1 aromatic carbocycles. The Bertz CT molecular complexity index is 709. The molecule has 0 saturated heterocycles. The summed E-state index contributed by atoms with van der Waals surface area (Å²) in [5, 5.41) is 10.3. The molecule has 2 aromatic rings. The molecule has 0 fully saturated rings. The molecule has 0 saturated carbocycles. The molecule has 110 valence electrons. The third kappa shape index (κ3) is 2.51. The zero-order valence-corrected chi connectivity index (χ0v) is 12.5. The lowest BCUT2D eigenvalue weighted by molar-refractivity contribution is -0.136. The number of carboxylic acids is 1. The van der Waals surface area contributed by atoms with Crippen LogP contribution in [-0.2, 0) is 30.6 Å². The summed E-state index contributed by atoms with van der Waals surface area (Å²) < 4.78 is 0. The van der Waals surface area contributed by atoms with Crippen LogP contribution in [0.5, 0.6) is 0 Å². The summed E-state index contributed by atoms with van der Waals surface area (Å²) in [6, 6.07) is 6.10. The predicted octanol–water partition coefficient (Wildman–Crippen LogP) is 2.41. The standard InChI is InChI=1S/C17H20N2O2/c1-3-11-5-4-6-12-13(9-16(20)21)14-10-19(2)8-7-15(14)18-17(11)12/h4-6H,3,7-10H2,1-2H3,(H,20,21). The van der Waals surface area contributed by atoms with Crippen molar-refractivity contribution in [1.29, 1.82) is 0 Å². The summed E-state index contributed by atoms with van der Waals surface area (Å²) in [4.78, 5) is 18.4. The number of aliphatic carboxylic acids is 1. The molecule has 2 heterocycles. The third-order valence-electron chi connectivity index (χ3n) is 4.27. The Labute approximate surface area is 124 Å². The minimum atomic E-state index is -0.778. The van der Waals surface area contributed by atoms with Gasteiger partial charge < -0.3 is 10.0 Å². The van der Waals surface area contributed by atoms with Crippen molar-refractivity contribution in [3.63, 3.8) is 0 Å². The SMILES string of the molecule is CCc1cccc2c(CC(=O)O)c3c(nc12)CCN(C)C3. The van der Waals surface area contributed by atoms with Crippen molar-refractivity contribution in [3.8, 4) is 0 Å². The number of carbonyl (C=O) groups is 1. The van der Waals surface area contributed by atoms with Crippen LogP contribution in [0.15, 0.2) is 18.2 Å². The molecule has 0 amide bonds. The topological polar surface area (TPSA) is 53.4 Å². The van der Waals surface area contributed by atoms with Crippen LogP contribution in [0, 0.1) is 0 Å². The number of fused-ring (bicyclic) bond motifs is 2. The Kier molecular flexibility index (Phi) is 3.64. The van der Waals surface area contributed by atoms with Crippen molar-refractivity contribution in [3.05, 3.63) is 40.6 Å². The molecule has 4 heteroatoms. The third-order valence-corrected chi connectivity index (χ3v) is 4.27. The van der Waals surface area contributed by atoms with Crippen molar-refractivity contribution < 1.29 is 9.90 Å². The average Bonchev–Trinajstić information content (AvgIpc) is 2.46. The van der Waals surface area contributed by atoms with E-state index in [1.54, 1.807) is 0 Å². The van der Waals surface area contributed by atoms with Gasteiger partial charge in [-0.25, -0.2) is 0 Å². The lowest BCUT2D eigenvalue weighted by Gasteiger charge is -2.27. The Balaban J connectivity index is 2.30. The molecule has 0 spiro atoms. The smallest absolute Gasteiger partial charge is 0.307 e. The molecule has 1 N–H and O–H groups in total. The van der Waals surface area contributed by atoms with Gasteiger partial charge in [-0.15, -0.1) is 0 Å². The fourth-order valence-corrected chi connectivity index (χ4v) is 3.18. The van der Waals surface area contributed by atoms with Crippen molar-refractivity contribution in [2.24, 2.45) is 0 Å². The van der Waals surface area contributed by atoms with Crippen LogP contribution >= 0.6 is 0 Å². The number of pyridine rings is 1. The van der Waals surface area contributed by atoms with Crippen LogP contribution in [0.1, 0.15) is 29.3 Å². The lowest BCUT2D eigenvalue weighted by atomic mass is 9.92. The van der Waals surface area contributed by atoms with Gasteiger partial charge in [0, 0.05) is 30.6 Å². The maximum atomic E-state index is 11.3. The normalized spacial score (nSPS) is 15.1. The van der Waals surface area contributed by atoms with Crippen LogP contribution in [0.25, 0.3) is 10.9 Å². The zero-order valence-electron chi connectivity index (χ0n) is 12.5. The van der Waals surface area contributed by atoms with Gasteiger partial charge in [0.2, 0.25) is 0 Å². The van der Waals surface area contributed by atoms with E-state index in [1.807, 2.05) is 12.1 Å². The van der Waals surface area contributed by atoms with Gasteiger partial charge in [-0.3, -0.25) is 9.78 Å². The van der Waals surface area contributed by atoms with Gasteiger partial charge in [-0.05, 0) is 30.2 Å². The first-order valence-electron chi connectivity index (χ1n) is 7.42. The molecule has 1 aromatic heterocycles. The van der Waals surface area contributed by atoms with Crippen molar-refractivity contribution in [2.45, 2.75) is 32.7 Å². The van der Waals surface area contributed by atoms with E-state index >= 15 is 0 Å². The minimum Gasteiger partial charge on any atom is -0.481 e. The highest BCUT2D eigenvalue weighted by molar-refractivity contribution is 5.89. The number of hydrogen-bond acceptors (Lipinski definition) is 3. The number of carboxylic acid groups (broad SMARTS) is 1. The van der Waals surface area contributed by atoms with Crippen molar-refractivity contribution >= 4 is 16.9 Å². The van der Waals surface area contributed by atoms with E-state index in [4.69, 9.17) is 4.98 Å². The van der Waals surface area contributed by atoms with Crippen molar-refractivity contribution in [1.82, 2.24) is 9.88 Å². The second kappa shape index (κ2) is 5.45. The van der Waals surface area contributed by atoms with Crippen LogP contribution in [0.3, 0.4) is 0 Å². The molecule has 3 rings (SSSR count). The van der Waals surface area contributed by atoms with E-state index in [0.29, 0.717) is 0 Å². The first-order chi connectivity index (χ1) is 10.1. The fraction of sp³-hybridized carbons (Fsp3) is 0.412. The highest BCUT2D eigenvalue weighted by atomic mass is 16.4. The monoisotopic (exact) mass is 284 g/mol. The number of para-hydroxylation sites is 1. The second-order valence-corrected chi connectivity index (χ2v) is 5.74. The fourth-order valence-electron chi connectivity index (χ4n) is 3.18. The summed E-state index contributed by atoms with van der Waals surface area (Å²) >= 11 is 0. The van der Waals surface area contributed by atoms with E-state index in [2.05, 4.69) is 24.9 Å². The second-order valence-electron chi connectivity index (χ2n) is 5.74. The molecule has 0 bridgehead atoms. The number of likely N-dealkylation sites (N-methyl/N-ethyl adjacent to an activating group) is 1. The molecule has 1 aliphatic rings. The van der Waals surface area contributed by atoms with E-state index in [9.17, 15) is 9.90 Å². The van der Waals surface area contributed by atoms with Crippen LogP contribution in [-0.4, -0.2) is 34.6 Å². The first-order valence-corrected chi connectivity index (χ1v) is 7.42. The molecule has 4 nitrogen and oxygen atoms in total. The molecule has 0 radical (unpaired) electrons. The number of aryl methyl sites for hydroxylation is 1. The summed E-state index contributed by atoms with van der Waals surface area (Å²) in [7, 11) is 2.07. The Morgan fingerprint density at radius 2 is 2.24 bits per heavy atom. The molecular formula is C17H20N2O2. The average molecular weight is 284 g/mol. The van der Waals surface area contributed by atoms with Crippen LogP contribution < -0.4 is 0 Å². The summed E-state index contributed by atoms with van der Waals surface area (Å²) in [6.45, 7) is 3.88. The van der Waals surface area contributed by atoms with E-state index in [1.165, 1.54) is 5.56 Å². The number of aromatic nitrogens is 1. The number of hydrogen-bond donors (Lipinski definition) is 1. The minimum absolute atomic E-state index is 0.0718. The number of benzene rings is 1. The highest BCUT2D eigenvalue weighted by Gasteiger charge is 2.22. The van der Waals surface area contributed by atoms with Gasteiger partial charge in [0.15, 0.2) is 0 Å². The summed E-state index contributed by atoms with van der Waals surface area (Å²) in [6.07, 6.45) is 1.88. The van der Waals surface area contributed by atoms with Gasteiger partial charge in [0.05, 0.1) is 11.9 Å². The maximum Gasteiger partial charge on any atom is 0.307 e. The van der Waals surface area contributed by atoms with E-state index in [0.717, 1.165) is 53.7 Å². The lowest BCUT2D eigenvalue weighted by Crippen LogP contribution is -2.29. The molecular weight excluding hydrogens is 264 g/mol. The van der Waals surface area contributed by atoms with Crippen LogP contribution in [0.2, 0.25) is 0 Å². The van der Waals surface area contributed by atoms with Crippen LogP contribution in [0.4, 0.5) is 0 Å².